The van der Waals surface area contributed by atoms with E-state index in [0.717, 1.165) is 0 Å². The smallest absolute Gasteiger partial charge is 0.324 e. The van der Waals surface area contributed by atoms with Crippen molar-refractivity contribution in [2.24, 2.45) is 5.10 Å². The summed E-state index contributed by atoms with van der Waals surface area (Å²) in [5, 5.41) is 13.0. The zero-order chi connectivity index (χ0) is 7.28. The minimum Gasteiger partial charge on any atom is -0.480 e. The number of hydrogen-bond acceptors (Lipinski definition) is 3. The molecular formula is C5H10N2O2. The Labute approximate surface area is 53.8 Å². The van der Waals surface area contributed by atoms with Gasteiger partial charge in [-0.25, -0.2) is 0 Å². The molecule has 0 aromatic heterocycles. The third-order valence-corrected chi connectivity index (χ3v) is 0.883. The summed E-state index contributed by atoms with van der Waals surface area (Å²) < 4.78 is 0. The second kappa shape index (κ2) is 3.88. The molecule has 0 fully saturated rings. The molecule has 1 N–H and O–H groups in total. The third kappa shape index (κ3) is 3.52. The molecule has 0 saturated carbocycles. The summed E-state index contributed by atoms with van der Waals surface area (Å²) >= 11 is 0. The second-order valence-corrected chi connectivity index (χ2v) is 1.52. The maximum atomic E-state index is 10.00. The molecule has 0 aromatic rings. The molecule has 4 nitrogen and oxygen atoms in total. The van der Waals surface area contributed by atoms with Crippen molar-refractivity contribution in [1.29, 1.82) is 0 Å². The molecule has 0 saturated heterocycles. The minimum absolute atomic E-state index is 0.0694. The quantitative estimate of drug-likeness (QED) is 0.430. The highest BCUT2D eigenvalue weighted by Crippen LogP contribution is 1.84. The van der Waals surface area contributed by atoms with Gasteiger partial charge < -0.3 is 5.11 Å². The van der Waals surface area contributed by atoms with Crippen molar-refractivity contribution in [2.75, 3.05) is 13.1 Å². The van der Waals surface area contributed by atoms with E-state index in [0.29, 0.717) is 6.54 Å². The Balaban J connectivity index is 3.55. The Morgan fingerprint density at radius 2 is 2.44 bits per heavy atom. The molecule has 52 valence electrons. The number of carbonyl (C=O) groups is 1. The van der Waals surface area contributed by atoms with E-state index in [1.807, 2.05) is 6.92 Å². The summed E-state index contributed by atoms with van der Waals surface area (Å²) in [5.41, 5.74) is 0. The predicted molar refractivity (Wildman–Crippen MR) is 34.4 cm³/mol. The van der Waals surface area contributed by atoms with E-state index in [9.17, 15) is 4.79 Å². The summed E-state index contributed by atoms with van der Waals surface area (Å²) in [6.45, 7) is 5.52. The number of hydrazone groups is 1. The van der Waals surface area contributed by atoms with Crippen LogP contribution in [0.5, 0.6) is 0 Å². The zero-order valence-electron chi connectivity index (χ0n) is 5.37. The monoisotopic (exact) mass is 130 g/mol. The maximum Gasteiger partial charge on any atom is 0.324 e. The van der Waals surface area contributed by atoms with Gasteiger partial charge in [-0.05, 0) is 6.92 Å². The van der Waals surface area contributed by atoms with Crippen LogP contribution in [0.1, 0.15) is 6.92 Å². The number of aliphatic carboxylic acids is 1. The molecule has 4 heteroatoms. The van der Waals surface area contributed by atoms with Crippen LogP contribution in [0, 0.1) is 0 Å². The molecule has 0 aliphatic heterocycles. The largest absolute Gasteiger partial charge is 0.480 e. The van der Waals surface area contributed by atoms with Gasteiger partial charge in [0.25, 0.3) is 0 Å². The fraction of sp³-hybridized carbons (Fsp3) is 0.600. The van der Waals surface area contributed by atoms with E-state index in [1.54, 1.807) is 0 Å². The highest BCUT2D eigenvalue weighted by Gasteiger charge is 2.00. The molecular weight excluding hydrogens is 120 g/mol. The molecule has 0 amide bonds. The molecule has 0 rings (SSSR count). The first-order chi connectivity index (χ1) is 4.20. The lowest BCUT2D eigenvalue weighted by Gasteiger charge is -2.11. The first-order valence-corrected chi connectivity index (χ1v) is 2.64. The van der Waals surface area contributed by atoms with Crippen molar-refractivity contribution in [3.8, 4) is 0 Å². The van der Waals surface area contributed by atoms with Gasteiger partial charge in [0.15, 0.2) is 0 Å². The first-order valence-electron chi connectivity index (χ1n) is 2.64. The number of carboxylic acid groups (broad SMARTS) is 1. The lowest BCUT2D eigenvalue weighted by molar-refractivity contribution is -0.138. The molecule has 0 bridgehead atoms. The lowest BCUT2D eigenvalue weighted by atomic mass is 10.6. The van der Waals surface area contributed by atoms with Gasteiger partial charge in [0.2, 0.25) is 0 Å². The van der Waals surface area contributed by atoms with E-state index < -0.39 is 5.97 Å². The van der Waals surface area contributed by atoms with Crippen LogP contribution in [0.15, 0.2) is 5.10 Å². The number of hydrogen-bond donors (Lipinski definition) is 1. The van der Waals surface area contributed by atoms with E-state index in [1.165, 1.54) is 5.01 Å². The summed E-state index contributed by atoms with van der Waals surface area (Å²) in [5.74, 6) is -0.885. The normalized spacial score (nSPS) is 8.56. The highest BCUT2D eigenvalue weighted by molar-refractivity contribution is 5.69. The first kappa shape index (κ1) is 7.94. The molecule has 0 atom stereocenters. The van der Waals surface area contributed by atoms with Crippen molar-refractivity contribution in [1.82, 2.24) is 5.01 Å². The lowest BCUT2D eigenvalue weighted by Crippen LogP contribution is -2.23. The van der Waals surface area contributed by atoms with Crippen molar-refractivity contribution >= 4 is 12.7 Å². The summed E-state index contributed by atoms with van der Waals surface area (Å²) in [7, 11) is 0. The van der Waals surface area contributed by atoms with E-state index >= 15 is 0 Å². The van der Waals surface area contributed by atoms with Crippen LogP contribution in [0.2, 0.25) is 0 Å². The van der Waals surface area contributed by atoms with E-state index in [4.69, 9.17) is 5.11 Å². The zero-order valence-corrected chi connectivity index (χ0v) is 5.37. The van der Waals surface area contributed by atoms with Gasteiger partial charge in [-0.2, -0.15) is 5.10 Å². The van der Waals surface area contributed by atoms with Crippen molar-refractivity contribution < 1.29 is 9.90 Å². The van der Waals surface area contributed by atoms with Crippen LogP contribution in [-0.4, -0.2) is 35.9 Å². The van der Waals surface area contributed by atoms with Crippen molar-refractivity contribution in [2.45, 2.75) is 6.92 Å². The Morgan fingerprint density at radius 1 is 1.89 bits per heavy atom. The van der Waals surface area contributed by atoms with Gasteiger partial charge in [0.05, 0.1) is 0 Å². The average molecular weight is 130 g/mol. The number of carboxylic acids is 1. The van der Waals surface area contributed by atoms with Crippen LogP contribution in [0.3, 0.4) is 0 Å². The van der Waals surface area contributed by atoms with E-state index in [-0.39, 0.29) is 6.54 Å². The van der Waals surface area contributed by atoms with Crippen LogP contribution in [-0.2, 0) is 4.79 Å². The van der Waals surface area contributed by atoms with E-state index in [2.05, 4.69) is 11.8 Å². The molecule has 0 heterocycles. The molecule has 0 aliphatic carbocycles. The second-order valence-electron chi connectivity index (χ2n) is 1.52. The van der Waals surface area contributed by atoms with Crippen LogP contribution in [0.4, 0.5) is 0 Å². The summed E-state index contributed by atoms with van der Waals surface area (Å²) in [6, 6.07) is 0. The van der Waals surface area contributed by atoms with Gasteiger partial charge in [0.1, 0.15) is 6.54 Å². The Hall–Kier alpha value is -1.06. The standard InChI is InChI=1S/C5H10N2O2/c1-3-7(6-2)4-5(8)9/h2-4H2,1H3,(H,8,9). The third-order valence-electron chi connectivity index (χ3n) is 0.883. The van der Waals surface area contributed by atoms with Crippen LogP contribution < -0.4 is 0 Å². The van der Waals surface area contributed by atoms with Gasteiger partial charge in [0, 0.05) is 13.3 Å². The number of nitrogens with zero attached hydrogens (tertiary/aromatic N) is 2. The maximum absolute atomic E-state index is 10.00. The highest BCUT2D eigenvalue weighted by atomic mass is 16.4. The van der Waals surface area contributed by atoms with Crippen LogP contribution >= 0.6 is 0 Å². The summed E-state index contributed by atoms with van der Waals surface area (Å²) in [4.78, 5) is 10.00. The van der Waals surface area contributed by atoms with Crippen molar-refractivity contribution in [3.63, 3.8) is 0 Å². The Kier molecular flexibility index (Phi) is 3.43. The van der Waals surface area contributed by atoms with Gasteiger partial charge >= 0.3 is 5.97 Å². The molecule has 9 heavy (non-hydrogen) atoms. The molecule has 0 radical (unpaired) electrons. The van der Waals surface area contributed by atoms with Gasteiger partial charge in [-0.15, -0.1) is 0 Å². The fourth-order valence-corrected chi connectivity index (χ4v) is 0.418. The molecule has 0 aliphatic rings. The van der Waals surface area contributed by atoms with Crippen molar-refractivity contribution in [3.05, 3.63) is 0 Å². The molecule has 0 unspecified atom stereocenters. The predicted octanol–water partition coefficient (Wildman–Crippen LogP) is 0.00850. The molecule has 0 spiro atoms. The average Bonchev–Trinajstić information content (AvgIpc) is 1.82. The van der Waals surface area contributed by atoms with Crippen LogP contribution in [0.25, 0.3) is 0 Å². The number of rotatable bonds is 4. The Bertz CT molecular complexity index is 114. The SMILES string of the molecule is C=NN(CC)CC(=O)O. The molecule has 0 aromatic carbocycles. The Morgan fingerprint density at radius 3 is 2.56 bits per heavy atom. The topological polar surface area (TPSA) is 52.9 Å². The number of likely N-dealkylation sites (N-methyl/N-ethyl adjacent to an activating group) is 1. The van der Waals surface area contributed by atoms with Gasteiger partial charge in [-0.3, -0.25) is 9.80 Å². The minimum atomic E-state index is -0.885. The fourth-order valence-electron chi connectivity index (χ4n) is 0.418. The summed E-state index contributed by atoms with van der Waals surface area (Å²) in [6.07, 6.45) is 0. The van der Waals surface area contributed by atoms with Gasteiger partial charge in [-0.1, -0.05) is 0 Å².